The Bertz CT molecular complexity index is 938. The van der Waals surface area contributed by atoms with E-state index in [1.54, 1.807) is 11.0 Å². The van der Waals surface area contributed by atoms with E-state index in [-0.39, 0.29) is 30.5 Å². The summed E-state index contributed by atoms with van der Waals surface area (Å²) in [7, 11) is 0. The second-order valence-corrected chi connectivity index (χ2v) is 8.13. The van der Waals surface area contributed by atoms with Gasteiger partial charge >= 0.3 is 0 Å². The topological polar surface area (TPSA) is 58.6 Å². The summed E-state index contributed by atoms with van der Waals surface area (Å²) in [5.41, 5.74) is 3.09. The number of aryl methyl sites for hydroxylation is 1. The number of carbonyl (C=O) groups excluding carboxylic acids is 2. The molecule has 2 fully saturated rings. The van der Waals surface area contributed by atoms with E-state index in [4.69, 9.17) is 4.74 Å². The first-order valence-corrected chi connectivity index (χ1v) is 10.7. The van der Waals surface area contributed by atoms with Gasteiger partial charge in [-0.2, -0.15) is 0 Å². The van der Waals surface area contributed by atoms with Crippen LogP contribution in [0.1, 0.15) is 42.4 Å². The predicted molar refractivity (Wildman–Crippen MR) is 116 cm³/mol. The van der Waals surface area contributed by atoms with Crippen LogP contribution in [0.2, 0.25) is 0 Å². The van der Waals surface area contributed by atoms with Crippen molar-refractivity contribution in [3.63, 3.8) is 0 Å². The molecule has 2 aromatic carbocycles. The van der Waals surface area contributed by atoms with Gasteiger partial charge in [0.25, 0.3) is 5.91 Å². The number of hydrogen-bond acceptors (Lipinski definition) is 3. The maximum absolute atomic E-state index is 13.2. The second kappa shape index (κ2) is 9.16. The Morgan fingerprint density at radius 2 is 1.93 bits per heavy atom. The van der Waals surface area contributed by atoms with Crippen molar-refractivity contribution in [1.82, 2.24) is 10.2 Å². The minimum Gasteiger partial charge on any atom is -0.482 e. The molecule has 5 nitrogen and oxygen atoms in total. The smallest absolute Gasteiger partial charge is 0.289 e. The Morgan fingerprint density at radius 1 is 1.13 bits per heavy atom. The summed E-state index contributed by atoms with van der Waals surface area (Å²) in [6, 6.07) is 17.7. The fraction of sp³-hybridized carbons (Fsp3) is 0.360. The van der Waals surface area contributed by atoms with Crippen LogP contribution in [0.3, 0.4) is 0 Å². The number of fused-ring (bicyclic) bond motifs is 1. The van der Waals surface area contributed by atoms with E-state index in [0.717, 1.165) is 42.4 Å². The van der Waals surface area contributed by atoms with Crippen molar-refractivity contribution < 1.29 is 14.3 Å². The number of nitrogens with zero attached hydrogens (tertiary/aromatic N) is 1. The van der Waals surface area contributed by atoms with E-state index >= 15 is 0 Å². The minimum atomic E-state index is -0.200. The van der Waals surface area contributed by atoms with Crippen LogP contribution in [-0.4, -0.2) is 35.4 Å². The van der Waals surface area contributed by atoms with Crippen molar-refractivity contribution in [3.05, 3.63) is 77.0 Å². The lowest BCUT2D eigenvalue weighted by Gasteiger charge is -2.44. The van der Waals surface area contributed by atoms with Gasteiger partial charge in [0.05, 0.1) is 6.04 Å². The maximum Gasteiger partial charge on any atom is 0.289 e. The highest BCUT2D eigenvalue weighted by atomic mass is 16.5. The predicted octanol–water partition coefficient (Wildman–Crippen LogP) is 3.82. The number of carbonyl (C=O) groups is 2. The zero-order valence-corrected chi connectivity index (χ0v) is 17.3. The van der Waals surface area contributed by atoms with E-state index in [9.17, 15) is 9.59 Å². The summed E-state index contributed by atoms with van der Waals surface area (Å²) in [6.45, 7) is 2.53. The zero-order valence-electron chi connectivity index (χ0n) is 17.3. The van der Waals surface area contributed by atoms with E-state index < -0.39 is 0 Å². The average Bonchev–Trinajstić information content (AvgIpc) is 2.76. The quantitative estimate of drug-likeness (QED) is 0.771. The number of benzene rings is 2. The lowest BCUT2D eigenvalue weighted by molar-refractivity contribution is -0.151. The molecule has 1 aliphatic carbocycles. The molecule has 0 bridgehead atoms. The largest absolute Gasteiger partial charge is 0.482 e. The summed E-state index contributed by atoms with van der Waals surface area (Å²) in [5, 5.41) is 2.94. The SMILES string of the molecule is Cc1cccc(/C=C2/OC3CCCCC3N(CC(=O)NCc3ccccc3)C2=O)c1. The third-order valence-corrected chi connectivity index (χ3v) is 5.80. The number of ether oxygens (including phenoxy) is 1. The molecule has 1 saturated heterocycles. The summed E-state index contributed by atoms with van der Waals surface area (Å²) < 4.78 is 6.13. The highest BCUT2D eigenvalue weighted by Crippen LogP contribution is 2.33. The van der Waals surface area contributed by atoms with Crippen molar-refractivity contribution in [2.24, 2.45) is 0 Å². The molecule has 5 heteroatoms. The third-order valence-electron chi connectivity index (χ3n) is 5.80. The van der Waals surface area contributed by atoms with Crippen molar-refractivity contribution in [2.75, 3.05) is 6.54 Å². The van der Waals surface area contributed by atoms with Gasteiger partial charge in [0.1, 0.15) is 12.6 Å². The lowest BCUT2D eigenvalue weighted by Crippen LogP contribution is -2.57. The highest BCUT2D eigenvalue weighted by Gasteiger charge is 2.42. The second-order valence-electron chi connectivity index (χ2n) is 8.13. The summed E-state index contributed by atoms with van der Waals surface area (Å²) in [4.78, 5) is 27.6. The molecule has 1 saturated carbocycles. The molecule has 1 heterocycles. The molecular weight excluding hydrogens is 376 g/mol. The van der Waals surface area contributed by atoms with Gasteiger partial charge in [0.15, 0.2) is 5.76 Å². The molecule has 1 aliphatic heterocycles. The molecule has 2 aliphatic rings. The van der Waals surface area contributed by atoms with E-state index in [1.807, 2.05) is 61.5 Å². The van der Waals surface area contributed by atoms with Gasteiger partial charge in [-0.1, -0.05) is 66.6 Å². The molecule has 2 unspecified atom stereocenters. The van der Waals surface area contributed by atoms with E-state index in [1.165, 1.54) is 0 Å². The summed E-state index contributed by atoms with van der Waals surface area (Å²) >= 11 is 0. The summed E-state index contributed by atoms with van der Waals surface area (Å²) in [6.07, 6.45) is 5.67. The third kappa shape index (κ3) is 4.73. The number of rotatable bonds is 5. The number of morpholine rings is 1. The fourth-order valence-electron chi connectivity index (χ4n) is 4.28. The zero-order chi connectivity index (χ0) is 20.9. The normalized spacial score (nSPS) is 22.4. The number of nitrogens with one attached hydrogen (secondary N) is 1. The van der Waals surface area contributed by atoms with Gasteiger partial charge < -0.3 is 15.0 Å². The van der Waals surface area contributed by atoms with Gasteiger partial charge in [0.2, 0.25) is 5.91 Å². The van der Waals surface area contributed by atoms with Gasteiger partial charge in [-0.15, -0.1) is 0 Å². The average molecular weight is 405 g/mol. The first kappa shape index (κ1) is 20.2. The van der Waals surface area contributed by atoms with Crippen LogP contribution in [-0.2, 0) is 20.9 Å². The monoisotopic (exact) mass is 404 g/mol. The Kier molecular flexibility index (Phi) is 6.17. The molecule has 2 amide bonds. The molecule has 2 atom stereocenters. The molecule has 30 heavy (non-hydrogen) atoms. The molecule has 0 radical (unpaired) electrons. The first-order chi connectivity index (χ1) is 14.6. The van der Waals surface area contributed by atoms with Crippen LogP contribution in [0, 0.1) is 6.92 Å². The fourth-order valence-corrected chi connectivity index (χ4v) is 4.28. The van der Waals surface area contributed by atoms with E-state index in [2.05, 4.69) is 5.32 Å². The lowest BCUT2D eigenvalue weighted by atomic mass is 9.89. The Morgan fingerprint density at radius 3 is 2.73 bits per heavy atom. The molecule has 2 aromatic rings. The first-order valence-electron chi connectivity index (χ1n) is 10.7. The molecule has 156 valence electrons. The standard InChI is InChI=1S/C25H28N2O3/c1-18-8-7-11-20(14-18)15-23-25(29)27(21-12-5-6-13-22(21)30-23)17-24(28)26-16-19-9-3-2-4-10-19/h2-4,7-11,14-15,21-22H,5-6,12-13,16-17H2,1H3,(H,26,28)/b23-15+. The van der Waals surface area contributed by atoms with Crippen molar-refractivity contribution in [2.45, 2.75) is 51.3 Å². The van der Waals surface area contributed by atoms with Gasteiger partial charge in [-0.25, -0.2) is 0 Å². The highest BCUT2D eigenvalue weighted by molar-refractivity contribution is 5.98. The van der Waals surface area contributed by atoms with E-state index in [0.29, 0.717) is 12.3 Å². The van der Waals surface area contributed by atoms with Crippen LogP contribution in [0.5, 0.6) is 0 Å². The minimum absolute atomic E-state index is 0.0385. The van der Waals surface area contributed by atoms with Crippen LogP contribution in [0.15, 0.2) is 60.4 Å². The van der Waals surface area contributed by atoms with Crippen LogP contribution in [0.25, 0.3) is 6.08 Å². The summed E-state index contributed by atoms with van der Waals surface area (Å²) in [5.74, 6) is -0.0116. The van der Waals surface area contributed by atoms with Gasteiger partial charge in [-0.05, 0) is 43.4 Å². The van der Waals surface area contributed by atoms with Crippen molar-refractivity contribution in [1.29, 1.82) is 0 Å². The van der Waals surface area contributed by atoms with Crippen LogP contribution >= 0.6 is 0 Å². The molecule has 1 N–H and O–H groups in total. The number of amides is 2. The Labute approximate surface area is 177 Å². The molecule has 0 aromatic heterocycles. The molecule has 0 spiro atoms. The Balaban J connectivity index is 1.50. The van der Waals surface area contributed by atoms with Crippen molar-refractivity contribution >= 4 is 17.9 Å². The van der Waals surface area contributed by atoms with Gasteiger partial charge in [-0.3, -0.25) is 9.59 Å². The van der Waals surface area contributed by atoms with Crippen molar-refractivity contribution in [3.8, 4) is 0 Å². The Hall–Kier alpha value is -3.08. The van der Waals surface area contributed by atoms with Crippen LogP contribution < -0.4 is 5.32 Å². The molecule has 4 rings (SSSR count). The molecular formula is C25H28N2O3. The number of hydrogen-bond donors (Lipinski definition) is 1. The van der Waals surface area contributed by atoms with Crippen LogP contribution in [0.4, 0.5) is 0 Å². The van der Waals surface area contributed by atoms with Gasteiger partial charge in [0, 0.05) is 6.54 Å². The maximum atomic E-state index is 13.2.